The molecular formula is C14H12BrNOS. The van der Waals surface area contributed by atoms with Gasteiger partial charge in [-0.15, -0.1) is 11.3 Å². The number of hydrogen-bond acceptors (Lipinski definition) is 3. The number of anilines is 1. The van der Waals surface area contributed by atoms with Crippen LogP contribution in [0.4, 0.5) is 5.69 Å². The number of aryl methyl sites for hydroxylation is 1. The van der Waals surface area contributed by atoms with Crippen LogP contribution in [0, 0.1) is 6.92 Å². The van der Waals surface area contributed by atoms with Crippen LogP contribution in [-0.4, -0.2) is 5.78 Å². The number of halogens is 1. The van der Waals surface area contributed by atoms with Gasteiger partial charge < -0.3 is 5.32 Å². The van der Waals surface area contributed by atoms with E-state index in [9.17, 15) is 4.79 Å². The molecule has 18 heavy (non-hydrogen) atoms. The Morgan fingerprint density at radius 1 is 1.39 bits per heavy atom. The highest BCUT2D eigenvalue weighted by atomic mass is 79.9. The Kier molecular flexibility index (Phi) is 4.33. The first-order valence-electron chi connectivity index (χ1n) is 5.44. The first kappa shape index (κ1) is 13.1. The molecule has 0 atom stereocenters. The SMILES string of the molecule is Cc1ccc(N/C=C\C(=O)c2cccs2)c(Br)c1. The van der Waals surface area contributed by atoms with E-state index in [-0.39, 0.29) is 5.78 Å². The summed E-state index contributed by atoms with van der Waals surface area (Å²) < 4.78 is 0.982. The van der Waals surface area contributed by atoms with Crippen molar-refractivity contribution in [2.24, 2.45) is 0 Å². The smallest absolute Gasteiger partial charge is 0.197 e. The summed E-state index contributed by atoms with van der Waals surface area (Å²) in [5.74, 6) is 0.0146. The number of hydrogen-bond donors (Lipinski definition) is 1. The Labute approximate surface area is 118 Å². The normalized spacial score (nSPS) is 10.8. The second-order valence-electron chi connectivity index (χ2n) is 3.80. The van der Waals surface area contributed by atoms with Crippen molar-refractivity contribution in [1.29, 1.82) is 0 Å². The lowest BCUT2D eigenvalue weighted by Gasteiger charge is -2.04. The molecule has 2 aromatic rings. The van der Waals surface area contributed by atoms with E-state index in [0.29, 0.717) is 0 Å². The predicted molar refractivity (Wildman–Crippen MR) is 80.3 cm³/mol. The zero-order valence-corrected chi connectivity index (χ0v) is 12.2. The molecule has 0 radical (unpaired) electrons. The molecule has 1 aromatic carbocycles. The van der Waals surface area contributed by atoms with Gasteiger partial charge in [0.1, 0.15) is 0 Å². The molecule has 0 unspecified atom stereocenters. The minimum atomic E-state index is 0.0146. The molecule has 0 bridgehead atoms. The van der Waals surface area contributed by atoms with Gasteiger partial charge in [0.05, 0.1) is 10.6 Å². The second-order valence-corrected chi connectivity index (χ2v) is 5.60. The number of benzene rings is 1. The molecule has 92 valence electrons. The van der Waals surface area contributed by atoms with Gasteiger partial charge in [0, 0.05) is 16.7 Å². The number of carbonyl (C=O) groups is 1. The maximum absolute atomic E-state index is 11.7. The monoisotopic (exact) mass is 321 g/mol. The fourth-order valence-corrected chi connectivity index (χ4v) is 2.70. The highest BCUT2D eigenvalue weighted by molar-refractivity contribution is 9.10. The lowest BCUT2D eigenvalue weighted by atomic mass is 10.2. The Morgan fingerprint density at radius 3 is 2.89 bits per heavy atom. The molecule has 0 aliphatic heterocycles. The van der Waals surface area contributed by atoms with Crippen LogP contribution in [0.3, 0.4) is 0 Å². The van der Waals surface area contributed by atoms with Gasteiger partial charge in [0.25, 0.3) is 0 Å². The fourth-order valence-electron chi connectivity index (χ4n) is 1.45. The van der Waals surface area contributed by atoms with Crippen LogP contribution < -0.4 is 5.32 Å². The third kappa shape index (κ3) is 3.31. The van der Waals surface area contributed by atoms with Crippen molar-refractivity contribution in [3.05, 3.63) is 62.9 Å². The first-order valence-corrected chi connectivity index (χ1v) is 7.11. The molecule has 2 rings (SSSR count). The van der Waals surface area contributed by atoms with E-state index in [1.807, 2.05) is 42.6 Å². The average molecular weight is 322 g/mol. The molecule has 1 aromatic heterocycles. The molecule has 2 nitrogen and oxygen atoms in total. The van der Waals surface area contributed by atoms with Crippen LogP contribution >= 0.6 is 27.3 Å². The zero-order valence-electron chi connectivity index (χ0n) is 9.81. The minimum Gasteiger partial charge on any atom is -0.361 e. The summed E-state index contributed by atoms with van der Waals surface area (Å²) in [7, 11) is 0. The quantitative estimate of drug-likeness (QED) is 0.657. The van der Waals surface area contributed by atoms with Gasteiger partial charge in [-0.25, -0.2) is 0 Å². The van der Waals surface area contributed by atoms with Crippen molar-refractivity contribution < 1.29 is 4.79 Å². The zero-order chi connectivity index (χ0) is 13.0. The molecule has 1 N–H and O–H groups in total. The molecule has 0 saturated carbocycles. The second kappa shape index (κ2) is 5.98. The van der Waals surface area contributed by atoms with Gasteiger partial charge in [-0.3, -0.25) is 4.79 Å². The molecule has 0 aliphatic carbocycles. The molecular weight excluding hydrogens is 310 g/mol. The lowest BCUT2D eigenvalue weighted by molar-refractivity contribution is 0.105. The number of allylic oxidation sites excluding steroid dienone is 1. The van der Waals surface area contributed by atoms with Gasteiger partial charge in [-0.05, 0) is 52.0 Å². The summed E-state index contributed by atoms with van der Waals surface area (Å²) in [6, 6.07) is 9.70. The average Bonchev–Trinajstić information content (AvgIpc) is 2.85. The van der Waals surface area contributed by atoms with Crippen molar-refractivity contribution in [2.45, 2.75) is 6.92 Å². The third-order valence-electron chi connectivity index (χ3n) is 2.36. The Balaban J connectivity index is 2.01. The molecule has 4 heteroatoms. The van der Waals surface area contributed by atoms with Gasteiger partial charge in [0.2, 0.25) is 0 Å². The van der Waals surface area contributed by atoms with Gasteiger partial charge in [-0.2, -0.15) is 0 Å². The summed E-state index contributed by atoms with van der Waals surface area (Å²) >= 11 is 4.92. The van der Waals surface area contributed by atoms with Crippen molar-refractivity contribution in [3.8, 4) is 0 Å². The molecule has 1 heterocycles. The van der Waals surface area contributed by atoms with Crippen LogP contribution in [-0.2, 0) is 0 Å². The van der Waals surface area contributed by atoms with Crippen molar-refractivity contribution in [2.75, 3.05) is 5.32 Å². The Morgan fingerprint density at radius 2 is 2.22 bits per heavy atom. The van der Waals surface area contributed by atoms with E-state index < -0.39 is 0 Å². The standard InChI is InChI=1S/C14H12BrNOS/c1-10-4-5-12(11(15)9-10)16-7-6-13(17)14-3-2-8-18-14/h2-9,16H,1H3/b7-6-. The minimum absolute atomic E-state index is 0.0146. The fraction of sp³-hybridized carbons (Fsp3) is 0.0714. The lowest BCUT2D eigenvalue weighted by Crippen LogP contribution is -1.94. The molecule has 0 spiro atoms. The van der Waals surface area contributed by atoms with Crippen molar-refractivity contribution in [1.82, 2.24) is 0 Å². The maximum atomic E-state index is 11.7. The van der Waals surface area contributed by atoms with E-state index in [1.54, 1.807) is 6.20 Å². The number of ketones is 1. The maximum Gasteiger partial charge on any atom is 0.197 e. The highest BCUT2D eigenvalue weighted by Gasteiger charge is 2.01. The van der Waals surface area contributed by atoms with Gasteiger partial charge >= 0.3 is 0 Å². The molecule has 0 aliphatic rings. The van der Waals surface area contributed by atoms with E-state index in [4.69, 9.17) is 0 Å². The Hall–Kier alpha value is -1.39. The number of rotatable bonds is 4. The van der Waals surface area contributed by atoms with Crippen LogP contribution in [0.5, 0.6) is 0 Å². The van der Waals surface area contributed by atoms with Crippen molar-refractivity contribution in [3.63, 3.8) is 0 Å². The molecule has 0 fully saturated rings. The van der Waals surface area contributed by atoms with E-state index >= 15 is 0 Å². The number of thiophene rings is 1. The Bertz CT molecular complexity index is 575. The first-order chi connectivity index (χ1) is 8.66. The summed E-state index contributed by atoms with van der Waals surface area (Å²) in [5, 5.41) is 4.98. The van der Waals surface area contributed by atoms with Crippen molar-refractivity contribution >= 4 is 38.7 Å². The van der Waals surface area contributed by atoms with E-state index in [2.05, 4.69) is 21.2 Å². The molecule has 0 amide bonds. The largest absolute Gasteiger partial charge is 0.361 e. The predicted octanol–water partition coefficient (Wildman–Crippen LogP) is 4.63. The van der Waals surface area contributed by atoms with Gasteiger partial charge in [-0.1, -0.05) is 12.1 Å². The topological polar surface area (TPSA) is 29.1 Å². The van der Waals surface area contributed by atoms with Crippen LogP contribution in [0.25, 0.3) is 0 Å². The third-order valence-corrected chi connectivity index (χ3v) is 3.90. The molecule has 0 saturated heterocycles. The highest BCUT2D eigenvalue weighted by Crippen LogP contribution is 2.23. The summed E-state index contributed by atoms with van der Waals surface area (Å²) in [4.78, 5) is 12.5. The number of carbonyl (C=O) groups excluding carboxylic acids is 1. The van der Waals surface area contributed by atoms with Crippen LogP contribution in [0.2, 0.25) is 0 Å². The summed E-state index contributed by atoms with van der Waals surface area (Å²) in [6.45, 7) is 2.03. The van der Waals surface area contributed by atoms with Crippen LogP contribution in [0.1, 0.15) is 15.2 Å². The summed E-state index contributed by atoms with van der Waals surface area (Å²) in [6.07, 6.45) is 3.20. The van der Waals surface area contributed by atoms with E-state index in [1.165, 1.54) is 23.0 Å². The number of nitrogens with one attached hydrogen (secondary N) is 1. The van der Waals surface area contributed by atoms with Crippen LogP contribution in [0.15, 0.2) is 52.5 Å². The van der Waals surface area contributed by atoms with E-state index in [0.717, 1.165) is 15.0 Å². The van der Waals surface area contributed by atoms with Gasteiger partial charge in [0.15, 0.2) is 5.78 Å². The summed E-state index contributed by atoms with van der Waals surface area (Å²) in [5.41, 5.74) is 2.13.